The normalized spacial score (nSPS) is 24.8. The molecule has 0 bridgehead atoms. The smallest absolute Gasteiger partial charge is 0.339 e. The van der Waals surface area contributed by atoms with Crippen molar-refractivity contribution in [2.75, 3.05) is 19.7 Å². The molecule has 0 saturated carbocycles. The fourth-order valence-corrected chi connectivity index (χ4v) is 4.63. The number of allylic oxidation sites excluding steroid dienone is 3. The summed E-state index contributed by atoms with van der Waals surface area (Å²) in [6, 6.07) is 1.90. The first kappa shape index (κ1) is 27.0. The lowest BCUT2D eigenvalue weighted by atomic mass is 9.94. The Kier molecular flexibility index (Phi) is 9.96. The summed E-state index contributed by atoms with van der Waals surface area (Å²) in [6.07, 6.45) is 13.0. The molecule has 0 spiro atoms. The maximum Gasteiger partial charge on any atom is 0.339 e. The molecule has 6 nitrogen and oxygen atoms in total. The van der Waals surface area contributed by atoms with Gasteiger partial charge in [0.2, 0.25) is 0 Å². The Morgan fingerprint density at radius 2 is 1.86 bits per heavy atom. The standard InChI is InChI=1S/C28H37ClN2O4/c1-19-12-8-5-6-9-13-23(30-34-18-25(32)31-14-10-7-11-15-31)17-24-26(28(33)35-22(19)4)20(2)16-21(3)27(24)29/h8-9,12-13,16,19,22H,5-7,10-11,14-15,17-18H2,1-4H3/b12-8+,13-9+,30-23-/t19-,22+/m0/s1. The van der Waals surface area contributed by atoms with Gasteiger partial charge in [-0.3, -0.25) is 4.79 Å². The summed E-state index contributed by atoms with van der Waals surface area (Å²) in [5.41, 5.74) is 3.41. The number of rotatable bonds is 3. The van der Waals surface area contributed by atoms with Crippen molar-refractivity contribution < 1.29 is 19.2 Å². The van der Waals surface area contributed by atoms with Gasteiger partial charge in [-0.2, -0.15) is 0 Å². The van der Waals surface area contributed by atoms with Crippen LogP contribution in [0, 0.1) is 19.8 Å². The number of nitrogens with zero attached hydrogens (tertiary/aromatic N) is 2. The number of aryl methyl sites for hydroxylation is 2. The van der Waals surface area contributed by atoms with Crippen LogP contribution < -0.4 is 0 Å². The molecule has 2 atom stereocenters. The van der Waals surface area contributed by atoms with Crippen LogP contribution in [-0.4, -0.2) is 48.3 Å². The molecular formula is C28H37ClN2O4. The third kappa shape index (κ3) is 7.44. The molecule has 1 amide bonds. The second-order valence-corrected chi connectivity index (χ2v) is 9.91. The zero-order valence-electron chi connectivity index (χ0n) is 21.3. The van der Waals surface area contributed by atoms with Gasteiger partial charge in [0.15, 0.2) is 6.61 Å². The van der Waals surface area contributed by atoms with Crippen LogP contribution in [0.2, 0.25) is 5.02 Å². The Hall–Kier alpha value is -2.60. The maximum atomic E-state index is 13.3. The fourth-order valence-electron chi connectivity index (χ4n) is 4.42. The number of hydrogen-bond donors (Lipinski definition) is 0. The number of halogens is 1. The van der Waals surface area contributed by atoms with Crippen molar-refractivity contribution >= 4 is 29.2 Å². The molecule has 2 heterocycles. The van der Waals surface area contributed by atoms with Crippen LogP contribution in [0.25, 0.3) is 0 Å². The lowest BCUT2D eigenvalue weighted by Crippen LogP contribution is -2.37. The number of oxime groups is 1. The number of carbonyl (C=O) groups excluding carboxylic acids is 2. The van der Waals surface area contributed by atoms with Crippen molar-refractivity contribution in [2.24, 2.45) is 11.1 Å². The summed E-state index contributed by atoms with van der Waals surface area (Å²) in [5, 5.41) is 4.81. The molecular weight excluding hydrogens is 464 g/mol. The molecule has 3 rings (SSSR count). The first-order valence-corrected chi connectivity index (χ1v) is 12.9. The molecule has 35 heavy (non-hydrogen) atoms. The van der Waals surface area contributed by atoms with Gasteiger partial charge in [0.05, 0.1) is 11.3 Å². The summed E-state index contributed by atoms with van der Waals surface area (Å²) in [4.78, 5) is 33.1. The minimum absolute atomic E-state index is 0.0548. The van der Waals surface area contributed by atoms with E-state index in [9.17, 15) is 9.59 Å². The predicted molar refractivity (Wildman–Crippen MR) is 140 cm³/mol. The number of carbonyl (C=O) groups is 2. The number of likely N-dealkylation sites (tertiary alicyclic amines) is 1. The Bertz CT molecular complexity index is 1010. The van der Waals surface area contributed by atoms with Crippen LogP contribution in [0.4, 0.5) is 0 Å². The van der Waals surface area contributed by atoms with Gasteiger partial charge in [0, 0.05) is 30.5 Å². The van der Waals surface area contributed by atoms with E-state index in [1.165, 1.54) is 0 Å². The molecule has 1 saturated heterocycles. The van der Waals surface area contributed by atoms with E-state index in [0.29, 0.717) is 28.3 Å². The van der Waals surface area contributed by atoms with Gasteiger partial charge in [-0.15, -0.1) is 0 Å². The number of benzene rings is 1. The second-order valence-electron chi connectivity index (χ2n) is 9.53. The predicted octanol–water partition coefficient (Wildman–Crippen LogP) is 5.97. The highest BCUT2D eigenvalue weighted by Crippen LogP contribution is 2.30. The first-order valence-electron chi connectivity index (χ1n) is 12.6. The van der Waals surface area contributed by atoms with Gasteiger partial charge < -0.3 is 14.5 Å². The average molecular weight is 501 g/mol. The number of fused-ring (bicyclic) bond motifs is 1. The van der Waals surface area contributed by atoms with Crippen LogP contribution in [0.3, 0.4) is 0 Å². The van der Waals surface area contributed by atoms with Crippen LogP contribution in [0.1, 0.15) is 73.0 Å². The zero-order chi connectivity index (χ0) is 25.4. The van der Waals surface area contributed by atoms with E-state index in [4.69, 9.17) is 21.2 Å². The Morgan fingerprint density at radius 1 is 1.14 bits per heavy atom. The quantitative estimate of drug-likeness (QED) is 0.291. The van der Waals surface area contributed by atoms with Crippen LogP contribution in [0.15, 0.2) is 35.5 Å². The summed E-state index contributed by atoms with van der Waals surface area (Å²) in [5.74, 6) is -0.354. The van der Waals surface area contributed by atoms with Crippen molar-refractivity contribution in [2.45, 2.75) is 72.3 Å². The summed E-state index contributed by atoms with van der Waals surface area (Å²) < 4.78 is 5.84. The first-order chi connectivity index (χ1) is 16.8. The van der Waals surface area contributed by atoms with E-state index in [2.05, 4.69) is 17.3 Å². The maximum absolute atomic E-state index is 13.3. The zero-order valence-corrected chi connectivity index (χ0v) is 22.1. The Labute approximate surface area is 214 Å². The van der Waals surface area contributed by atoms with E-state index >= 15 is 0 Å². The van der Waals surface area contributed by atoms with Gasteiger partial charge in [0.25, 0.3) is 5.91 Å². The fraction of sp³-hybridized carbons (Fsp3) is 0.536. The summed E-state index contributed by atoms with van der Waals surface area (Å²) >= 11 is 6.72. The number of cyclic esters (lactones) is 1. The third-order valence-electron chi connectivity index (χ3n) is 6.66. The Balaban J connectivity index is 1.90. The molecule has 2 aliphatic rings. The van der Waals surface area contributed by atoms with Crippen molar-refractivity contribution in [1.29, 1.82) is 0 Å². The molecule has 1 fully saturated rings. The molecule has 2 aliphatic heterocycles. The SMILES string of the molecule is Cc1cc(C)c2c(c1Cl)CC(=N\OCC(=O)N1CCCCC1)/C=C/CC/C=C/[C@H](C)[C@@H](C)OC2=O. The molecule has 1 aromatic rings. The second kappa shape index (κ2) is 12.9. The molecule has 0 aliphatic carbocycles. The summed E-state index contributed by atoms with van der Waals surface area (Å²) in [6.45, 7) is 9.19. The van der Waals surface area contributed by atoms with E-state index in [-0.39, 0.29) is 24.5 Å². The van der Waals surface area contributed by atoms with E-state index in [1.54, 1.807) is 0 Å². The van der Waals surface area contributed by atoms with Crippen LogP contribution in [0.5, 0.6) is 0 Å². The Morgan fingerprint density at radius 3 is 2.60 bits per heavy atom. The summed E-state index contributed by atoms with van der Waals surface area (Å²) in [7, 11) is 0. The monoisotopic (exact) mass is 500 g/mol. The molecule has 190 valence electrons. The number of piperidine rings is 1. The lowest BCUT2D eigenvalue weighted by molar-refractivity contribution is -0.137. The molecule has 0 aromatic heterocycles. The van der Waals surface area contributed by atoms with Crippen LogP contribution >= 0.6 is 11.6 Å². The van der Waals surface area contributed by atoms with Gasteiger partial charge in [0.1, 0.15) is 6.10 Å². The average Bonchev–Trinajstić information content (AvgIpc) is 2.83. The third-order valence-corrected chi connectivity index (χ3v) is 7.19. The minimum atomic E-state index is -0.395. The van der Waals surface area contributed by atoms with Gasteiger partial charge in [-0.1, -0.05) is 48.0 Å². The van der Waals surface area contributed by atoms with Crippen molar-refractivity contribution in [1.82, 2.24) is 4.90 Å². The van der Waals surface area contributed by atoms with E-state index in [0.717, 1.165) is 56.3 Å². The lowest BCUT2D eigenvalue weighted by Gasteiger charge is -2.26. The van der Waals surface area contributed by atoms with Crippen molar-refractivity contribution in [3.8, 4) is 0 Å². The number of amides is 1. The minimum Gasteiger partial charge on any atom is -0.458 e. The molecule has 0 N–H and O–H groups in total. The highest BCUT2D eigenvalue weighted by molar-refractivity contribution is 6.33. The molecule has 0 unspecified atom stereocenters. The van der Waals surface area contributed by atoms with Crippen molar-refractivity contribution in [3.05, 3.63) is 57.6 Å². The topological polar surface area (TPSA) is 68.2 Å². The number of hydrogen-bond acceptors (Lipinski definition) is 5. The number of ether oxygens (including phenoxy) is 1. The van der Waals surface area contributed by atoms with Gasteiger partial charge in [-0.05, 0) is 75.6 Å². The van der Waals surface area contributed by atoms with E-state index in [1.807, 2.05) is 50.8 Å². The molecule has 1 aromatic carbocycles. The number of esters is 1. The molecule has 0 radical (unpaired) electrons. The van der Waals surface area contributed by atoms with Crippen LogP contribution in [-0.2, 0) is 20.8 Å². The highest BCUT2D eigenvalue weighted by Gasteiger charge is 2.24. The van der Waals surface area contributed by atoms with Crippen molar-refractivity contribution in [3.63, 3.8) is 0 Å². The highest BCUT2D eigenvalue weighted by atomic mass is 35.5. The largest absolute Gasteiger partial charge is 0.458 e. The van der Waals surface area contributed by atoms with Gasteiger partial charge >= 0.3 is 5.97 Å². The van der Waals surface area contributed by atoms with E-state index < -0.39 is 5.97 Å². The molecule has 7 heteroatoms. The van der Waals surface area contributed by atoms with Gasteiger partial charge in [-0.25, -0.2) is 4.79 Å².